The monoisotopic (exact) mass is 464 g/mol. The maximum Gasteiger partial charge on any atom is 0.175 e. The molecule has 4 N–H and O–H groups in total. The molecule has 0 atom stereocenters. The summed E-state index contributed by atoms with van der Waals surface area (Å²) in [7, 11) is 0. The van der Waals surface area contributed by atoms with E-state index in [1.807, 2.05) is 36.4 Å². The Morgan fingerprint density at radius 3 is 1.25 bits per heavy atom. The minimum Gasteiger partial charge on any atom is -0.332 e. The largest absolute Gasteiger partial charge is 0.332 e. The molecule has 0 amide bonds. The summed E-state index contributed by atoms with van der Waals surface area (Å²) in [6, 6.07) is 23.5. The quantitative estimate of drug-likeness (QED) is 0.251. The van der Waals surface area contributed by atoms with Crippen LogP contribution in [0.15, 0.2) is 84.9 Å². The third-order valence-corrected chi connectivity index (χ3v) is 5.03. The van der Waals surface area contributed by atoms with Crippen molar-refractivity contribution in [3.8, 4) is 0 Å². The number of hydrogen-bond acceptors (Lipinski definition) is 2. The summed E-state index contributed by atoms with van der Waals surface area (Å²) in [6.07, 6.45) is 0. The van der Waals surface area contributed by atoms with E-state index in [0.717, 1.165) is 22.1 Å². The lowest BCUT2D eigenvalue weighted by Crippen LogP contribution is -2.20. The van der Waals surface area contributed by atoms with E-state index in [2.05, 4.69) is 21.3 Å². The van der Waals surface area contributed by atoms with E-state index < -0.39 is 0 Å². The van der Waals surface area contributed by atoms with Gasteiger partial charge in [0.1, 0.15) is 11.6 Å². The Morgan fingerprint density at radius 2 is 0.875 bits per heavy atom. The van der Waals surface area contributed by atoms with Gasteiger partial charge in [-0.2, -0.15) is 0 Å². The van der Waals surface area contributed by atoms with Crippen LogP contribution in [0.25, 0.3) is 10.8 Å². The Labute approximate surface area is 194 Å². The molecular formula is C24H18F2N4S2. The first-order valence-electron chi connectivity index (χ1n) is 9.67. The molecule has 0 heterocycles. The zero-order valence-electron chi connectivity index (χ0n) is 16.7. The van der Waals surface area contributed by atoms with E-state index >= 15 is 0 Å². The predicted molar refractivity (Wildman–Crippen MR) is 136 cm³/mol. The van der Waals surface area contributed by atoms with Crippen molar-refractivity contribution in [2.75, 3.05) is 21.3 Å². The van der Waals surface area contributed by atoms with Crippen LogP contribution >= 0.6 is 24.4 Å². The van der Waals surface area contributed by atoms with E-state index in [0.29, 0.717) is 21.6 Å². The van der Waals surface area contributed by atoms with Gasteiger partial charge in [0.05, 0.1) is 0 Å². The number of benzene rings is 4. The van der Waals surface area contributed by atoms with Crippen LogP contribution in [-0.2, 0) is 0 Å². The van der Waals surface area contributed by atoms with E-state index in [-0.39, 0.29) is 11.6 Å². The summed E-state index contributed by atoms with van der Waals surface area (Å²) in [5.41, 5.74) is 2.98. The number of hydrogen-bond donors (Lipinski definition) is 4. The third kappa shape index (κ3) is 5.35. The molecule has 4 aromatic carbocycles. The molecule has 0 bridgehead atoms. The van der Waals surface area contributed by atoms with Gasteiger partial charge in [0, 0.05) is 33.5 Å². The van der Waals surface area contributed by atoms with Crippen molar-refractivity contribution in [2.24, 2.45) is 0 Å². The second-order valence-electron chi connectivity index (χ2n) is 6.88. The third-order valence-electron chi connectivity index (χ3n) is 4.62. The molecule has 32 heavy (non-hydrogen) atoms. The molecule has 0 saturated carbocycles. The van der Waals surface area contributed by atoms with Crippen molar-refractivity contribution in [2.45, 2.75) is 0 Å². The van der Waals surface area contributed by atoms with Crippen LogP contribution in [0.5, 0.6) is 0 Å². The van der Waals surface area contributed by atoms with Crippen LogP contribution in [0, 0.1) is 11.6 Å². The standard InChI is InChI=1S/C24H18F2N4S2/c25-15-7-11-17(12-8-15)27-23(31)29-21-5-1-3-19-20(21)4-2-6-22(19)30-24(32)28-18-13-9-16(26)10-14-18/h1-14H,(H2,27,29,31)(H2,28,30,32). The van der Waals surface area contributed by atoms with Crippen molar-refractivity contribution in [3.05, 3.63) is 96.6 Å². The summed E-state index contributed by atoms with van der Waals surface area (Å²) in [4.78, 5) is 0. The van der Waals surface area contributed by atoms with Gasteiger partial charge in [-0.3, -0.25) is 0 Å². The molecule has 4 nitrogen and oxygen atoms in total. The van der Waals surface area contributed by atoms with Gasteiger partial charge in [-0.25, -0.2) is 8.78 Å². The van der Waals surface area contributed by atoms with Gasteiger partial charge >= 0.3 is 0 Å². The second kappa shape index (κ2) is 9.67. The van der Waals surface area contributed by atoms with Crippen LogP contribution < -0.4 is 21.3 Å². The van der Waals surface area contributed by atoms with Crippen molar-refractivity contribution in [1.29, 1.82) is 0 Å². The smallest absolute Gasteiger partial charge is 0.175 e. The van der Waals surface area contributed by atoms with Crippen LogP contribution in [0.2, 0.25) is 0 Å². The Balaban J connectivity index is 1.50. The maximum atomic E-state index is 13.1. The summed E-state index contributed by atoms with van der Waals surface area (Å²) < 4.78 is 26.2. The molecule has 8 heteroatoms. The van der Waals surface area contributed by atoms with E-state index in [4.69, 9.17) is 24.4 Å². The van der Waals surface area contributed by atoms with Crippen molar-refractivity contribution < 1.29 is 8.78 Å². The van der Waals surface area contributed by atoms with Gasteiger partial charge in [0.25, 0.3) is 0 Å². The lowest BCUT2D eigenvalue weighted by molar-refractivity contribution is 0.627. The Morgan fingerprint density at radius 1 is 0.500 bits per heavy atom. The Kier molecular flexibility index (Phi) is 6.53. The molecule has 0 unspecified atom stereocenters. The number of nitrogens with one attached hydrogen (secondary N) is 4. The zero-order chi connectivity index (χ0) is 22.5. The maximum absolute atomic E-state index is 13.1. The molecule has 4 rings (SSSR count). The summed E-state index contributed by atoms with van der Waals surface area (Å²) in [6.45, 7) is 0. The van der Waals surface area contributed by atoms with Crippen molar-refractivity contribution in [3.63, 3.8) is 0 Å². The number of thiocarbonyl (C=S) groups is 2. The number of rotatable bonds is 4. The van der Waals surface area contributed by atoms with E-state index in [9.17, 15) is 8.78 Å². The SMILES string of the molecule is Fc1ccc(NC(=S)Nc2cccc3c(NC(=S)Nc4ccc(F)cc4)cccc23)cc1. The number of fused-ring (bicyclic) bond motifs is 1. The lowest BCUT2D eigenvalue weighted by atomic mass is 10.1. The average molecular weight is 465 g/mol. The highest BCUT2D eigenvalue weighted by atomic mass is 32.1. The van der Waals surface area contributed by atoms with Crippen molar-refractivity contribution in [1.82, 2.24) is 0 Å². The molecule has 0 aromatic heterocycles. The molecule has 0 aliphatic carbocycles. The van der Waals surface area contributed by atoms with Crippen LogP contribution in [0.3, 0.4) is 0 Å². The second-order valence-corrected chi connectivity index (χ2v) is 7.69. The summed E-state index contributed by atoms with van der Waals surface area (Å²) in [5, 5.41) is 15.1. The fraction of sp³-hybridized carbons (Fsp3) is 0. The molecule has 160 valence electrons. The average Bonchev–Trinajstić information content (AvgIpc) is 2.77. The number of anilines is 4. The Bertz CT molecular complexity index is 1170. The minimum absolute atomic E-state index is 0.310. The molecule has 0 aliphatic rings. The summed E-state index contributed by atoms with van der Waals surface area (Å²) >= 11 is 10.8. The fourth-order valence-electron chi connectivity index (χ4n) is 3.16. The van der Waals surface area contributed by atoms with Crippen LogP contribution in [-0.4, -0.2) is 10.2 Å². The first kappa shape index (κ1) is 21.6. The molecule has 0 saturated heterocycles. The fourth-order valence-corrected chi connectivity index (χ4v) is 3.62. The normalized spacial score (nSPS) is 10.4. The highest BCUT2D eigenvalue weighted by molar-refractivity contribution is 7.81. The van der Waals surface area contributed by atoms with Gasteiger partial charge in [-0.15, -0.1) is 0 Å². The zero-order valence-corrected chi connectivity index (χ0v) is 18.3. The molecule has 0 radical (unpaired) electrons. The summed E-state index contributed by atoms with van der Waals surface area (Å²) in [5.74, 6) is -0.620. The predicted octanol–water partition coefficient (Wildman–Crippen LogP) is 6.74. The van der Waals surface area contributed by atoms with Crippen molar-refractivity contribution >= 4 is 68.2 Å². The van der Waals surface area contributed by atoms with Gasteiger partial charge < -0.3 is 21.3 Å². The highest BCUT2D eigenvalue weighted by Crippen LogP contribution is 2.29. The molecule has 0 aliphatic heterocycles. The molecule has 4 aromatic rings. The lowest BCUT2D eigenvalue weighted by Gasteiger charge is -2.16. The molecule has 0 fully saturated rings. The molecular weight excluding hydrogens is 446 g/mol. The van der Waals surface area contributed by atoms with Crippen LogP contribution in [0.4, 0.5) is 31.5 Å². The minimum atomic E-state index is -0.310. The van der Waals surface area contributed by atoms with E-state index in [1.54, 1.807) is 24.3 Å². The molecule has 0 spiro atoms. The topological polar surface area (TPSA) is 48.1 Å². The first-order valence-corrected chi connectivity index (χ1v) is 10.5. The first-order chi connectivity index (χ1) is 15.5. The van der Waals surface area contributed by atoms with Gasteiger partial charge in [0.15, 0.2) is 10.2 Å². The van der Waals surface area contributed by atoms with Gasteiger partial charge in [-0.05, 0) is 85.1 Å². The Hall–Kier alpha value is -3.62. The van der Waals surface area contributed by atoms with Crippen LogP contribution in [0.1, 0.15) is 0 Å². The van der Waals surface area contributed by atoms with E-state index in [1.165, 1.54) is 24.3 Å². The highest BCUT2D eigenvalue weighted by Gasteiger charge is 2.08. The van der Waals surface area contributed by atoms with Gasteiger partial charge in [-0.1, -0.05) is 24.3 Å². The number of halogens is 2. The van der Waals surface area contributed by atoms with Gasteiger partial charge in [0.2, 0.25) is 0 Å².